The molecule has 92 valence electrons. The highest BCUT2D eigenvalue weighted by atomic mass is 16.5. The van der Waals surface area contributed by atoms with Crippen LogP contribution in [0, 0.1) is 6.92 Å². The van der Waals surface area contributed by atoms with Gasteiger partial charge >= 0.3 is 0 Å². The summed E-state index contributed by atoms with van der Waals surface area (Å²) in [6.07, 6.45) is 2.85. The Morgan fingerprint density at radius 2 is 1.88 bits per heavy atom. The number of ether oxygens (including phenoxy) is 1. The summed E-state index contributed by atoms with van der Waals surface area (Å²) in [5.74, 6) is 0.952. The highest BCUT2D eigenvalue weighted by Gasteiger charge is 2.02. The molecule has 0 aromatic heterocycles. The van der Waals surface area contributed by atoms with Gasteiger partial charge in [0.25, 0.3) is 0 Å². The Morgan fingerprint density at radius 1 is 1.19 bits per heavy atom. The van der Waals surface area contributed by atoms with Gasteiger partial charge in [-0.1, -0.05) is 31.5 Å². The third-order valence-corrected chi connectivity index (χ3v) is 2.29. The van der Waals surface area contributed by atoms with Crippen molar-refractivity contribution in [3.8, 4) is 5.75 Å². The van der Waals surface area contributed by atoms with Gasteiger partial charge in [0.2, 0.25) is 0 Å². The van der Waals surface area contributed by atoms with Crippen molar-refractivity contribution in [2.45, 2.75) is 40.0 Å². The molecule has 1 N–H and O–H groups in total. The van der Waals surface area contributed by atoms with Crippen LogP contribution in [0.15, 0.2) is 18.2 Å². The molecule has 0 amide bonds. The Labute approximate surface area is 99.3 Å². The number of rotatable bonds is 5. The van der Waals surface area contributed by atoms with E-state index >= 15 is 0 Å². The molecule has 1 rings (SSSR count). The summed E-state index contributed by atoms with van der Waals surface area (Å²) in [5.41, 5.74) is 2.49. The van der Waals surface area contributed by atoms with Gasteiger partial charge in [0, 0.05) is 6.61 Å². The summed E-state index contributed by atoms with van der Waals surface area (Å²) in [7, 11) is 1.69. The maximum Gasteiger partial charge on any atom is 0.122 e. The minimum absolute atomic E-state index is 0.272. The summed E-state index contributed by atoms with van der Waals surface area (Å²) in [6.45, 7) is 6.35. The van der Waals surface area contributed by atoms with Crippen molar-refractivity contribution in [1.82, 2.24) is 0 Å². The normalized spacial score (nSPS) is 9.31. The third kappa shape index (κ3) is 5.17. The average Bonchev–Trinajstić information content (AvgIpc) is 2.32. The SMILES string of the molecule is CC.COc1ccc(C)cc1CCCCO. The molecule has 0 unspecified atom stereocenters. The number of hydrogen-bond acceptors (Lipinski definition) is 2. The van der Waals surface area contributed by atoms with E-state index in [2.05, 4.69) is 13.0 Å². The van der Waals surface area contributed by atoms with E-state index in [0.29, 0.717) is 0 Å². The van der Waals surface area contributed by atoms with Crippen LogP contribution in [-0.4, -0.2) is 18.8 Å². The molecule has 1 aromatic rings. The second-order valence-electron chi connectivity index (χ2n) is 3.50. The summed E-state index contributed by atoms with van der Waals surface area (Å²) >= 11 is 0. The number of unbranched alkanes of at least 4 members (excludes halogenated alkanes) is 1. The minimum atomic E-state index is 0.272. The molecule has 0 aliphatic rings. The summed E-state index contributed by atoms with van der Waals surface area (Å²) in [4.78, 5) is 0. The van der Waals surface area contributed by atoms with Crippen molar-refractivity contribution in [3.05, 3.63) is 29.3 Å². The average molecular weight is 224 g/mol. The smallest absolute Gasteiger partial charge is 0.122 e. The molecule has 0 heterocycles. The highest BCUT2D eigenvalue weighted by Crippen LogP contribution is 2.21. The lowest BCUT2D eigenvalue weighted by Crippen LogP contribution is -1.94. The molecule has 16 heavy (non-hydrogen) atoms. The van der Waals surface area contributed by atoms with Crippen LogP contribution >= 0.6 is 0 Å². The van der Waals surface area contributed by atoms with E-state index < -0.39 is 0 Å². The van der Waals surface area contributed by atoms with Crippen molar-refractivity contribution in [3.63, 3.8) is 0 Å². The molecule has 0 aliphatic heterocycles. The quantitative estimate of drug-likeness (QED) is 0.777. The van der Waals surface area contributed by atoms with Crippen LogP contribution in [0.25, 0.3) is 0 Å². The van der Waals surface area contributed by atoms with Gasteiger partial charge in [-0.2, -0.15) is 0 Å². The first-order valence-electron chi connectivity index (χ1n) is 6.02. The zero-order valence-corrected chi connectivity index (χ0v) is 10.9. The first kappa shape index (κ1) is 15.0. The summed E-state index contributed by atoms with van der Waals surface area (Å²) in [6, 6.07) is 6.20. The van der Waals surface area contributed by atoms with Gasteiger partial charge in [-0.05, 0) is 37.8 Å². The molecule has 1 aromatic carbocycles. The molecular formula is C14H24O2. The van der Waals surface area contributed by atoms with Crippen LogP contribution in [-0.2, 0) is 6.42 Å². The standard InChI is InChI=1S/C12H18O2.C2H6/c1-10-6-7-12(14-2)11(9-10)5-3-4-8-13;1-2/h6-7,9,13H,3-5,8H2,1-2H3;1-2H3. The van der Waals surface area contributed by atoms with Crippen molar-refractivity contribution < 1.29 is 9.84 Å². The van der Waals surface area contributed by atoms with E-state index in [0.717, 1.165) is 25.0 Å². The second-order valence-corrected chi connectivity index (χ2v) is 3.50. The van der Waals surface area contributed by atoms with E-state index in [9.17, 15) is 0 Å². The molecule has 0 spiro atoms. The largest absolute Gasteiger partial charge is 0.496 e. The van der Waals surface area contributed by atoms with E-state index in [4.69, 9.17) is 9.84 Å². The van der Waals surface area contributed by atoms with Crippen molar-refractivity contribution >= 4 is 0 Å². The Bertz CT molecular complexity index is 282. The Balaban J connectivity index is 0.00000106. The van der Waals surface area contributed by atoms with Crippen LogP contribution in [0.2, 0.25) is 0 Å². The molecule has 0 atom stereocenters. The molecule has 0 radical (unpaired) electrons. The molecule has 0 bridgehead atoms. The lowest BCUT2D eigenvalue weighted by molar-refractivity contribution is 0.284. The number of benzene rings is 1. The van der Waals surface area contributed by atoms with E-state index in [-0.39, 0.29) is 6.61 Å². The Kier molecular flexibility index (Phi) is 8.64. The van der Waals surface area contributed by atoms with Gasteiger partial charge < -0.3 is 9.84 Å². The molecular weight excluding hydrogens is 200 g/mol. The Hall–Kier alpha value is -1.02. The van der Waals surface area contributed by atoms with Crippen LogP contribution in [0.3, 0.4) is 0 Å². The number of aliphatic hydroxyl groups is 1. The zero-order chi connectivity index (χ0) is 12.4. The number of hydrogen-bond donors (Lipinski definition) is 1. The van der Waals surface area contributed by atoms with E-state index in [1.54, 1.807) is 7.11 Å². The fraction of sp³-hybridized carbons (Fsp3) is 0.571. The second kappa shape index (κ2) is 9.22. The topological polar surface area (TPSA) is 29.5 Å². The first-order chi connectivity index (χ1) is 7.77. The first-order valence-corrected chi connectivity index (χ1v) is 6.02. The predicted molar refractivity (Wildman–Crippen MR) is 69.1 cm³/mol. The number of methoxy groups -OCH3 is 1. The minimum Gasteiger partial charge on any atom is -0.496 e. The lowest BCUT2D eigenvalue weighted by Gasteiger charge is -2.08. The van der Waals surface area contributed by atoms with Gasteiger partial charge in [-0.25, -0.2) is 0 Å². The number of aliphatic hydroxyl groups excluding tert-OH is 1. The molecule has 0 saturated carbocycles. The monoisotopic (exact) mass is 224 g/mol. The van der Waals surface area contributed by atoms with Gasteiger partial charge in [0.05, 0.1) is 7.11 Å². The molecule has 0 aliphatic carbocycles. The third-order valence-electron chi connectivity index (χ3n) is 2.29. The summed E-state index contributed by atoms with van der Waals surface area (Å²) < 4.78 is 5.27. The van der Waals surface area contributed by atoms with Crippen molar-refractivity contribution in [2.24, 2.45) is 0 Å². The van der Waals surface area contributed by atoms with Crippen LogP contribution in [0.5, 0.6) is 5.75 Å². The summed E-state index contributed by atoms with van der Waals surface area (Å²) in [5, 5.41) is 8.69. The zero-order valence-electron chi connectivity index (χ0n) is 10.9. The molecule has 2 nitrogen and oxygen atoms in total. The molecule has 0 fully saturated rings. The van der Waals surface area contributed by atoms with Crippen molar-refractivity contribution in [1.29, 1.82) is 0 Å². The van der Waals surface area contributed by atoms with Gasteiger partial charge in [0.15, 0.2) is 0 Å². The maximum absolute atomic E-state index is 8.69. The van der Waals surface area contributed by atoms with Crippen molar-refractivity contribution in [2.75, 3.05) is 13.7 Å². The van der Waals surface area contributed by atoms with E-state index in [1.165, 1.54) is 11.1 Å². The van der Waals surface area contributed by atoms with Crippen LogP contribution in [0.4, 0.5) is 0 Å². The fourth-order valence-electron chi connectivity index (χ4n) is 1.53. The van der Waals surface area contributed by atoms with Gasteiger partial charge in [-0.3, -0.25) is 0 Å². The van der Waals surface area contributed by atoms with Gasteiger partial charge in [-0.15, -0.1) is 0 Å². The molecule has 2 heteroatoms. The van der Waals surface area contributed by atoms with Crippen LogP contribution in [0.1, 0.15) is 37.8 Å². The maximum atomic E-state index is 8.69. The molecule has 0 saturated heterocycles. The number of aryl methyl sites for hydroxylation is 2. The fourth-order valence-corrected chi connectivity index (χ4v) is 1.53. The van der Waals surface area contributed by atoms with E-state index in [1.807, 2.05) is 26.0 Å². The van der Waals surface area contributed by atoms with Gasteiger partial charge in [0.1, 0.15) is 5.75 Å². The lowest BCUT2D eigenvalue weighted by atomic mass is 10.0. The Morgan fingerprint density at radius 3 is 2.44 bits per heavy atom. The predicted octanol–water partition coefficient (Wildman–Crippen LogP) is 3.34. The highest BCUT2D eigenvalue weighted by molar-refractivity contribution is 5.36. The van der Waals surface area contributed by atoms with Crippen LogP contribution < -0.4 is 4.74 Å².